The van der Waals surface area contributed by atoms with Crippen molar-refractivity contribution in [2.24, 2.45) is 0 Å². The first kappa shape index (κ1) is 24.5. The van der Waals surface area contributed by atoms with Gasteiger partial charge in [0.1, 0.15) is 11.5 Å². The highest BCUT2D eigenvalue weighted by molar-refractivity contribution is 6.23. The molecule has 0 amide bonds. The number of benzene rings is 9. The van der Waals surface area contributed by atoms with Gasteiger partial charge >= 0.3 is 0 Å². The molecule has 0 aromatic heterocycles. The van der Waals surface area contributed by atoms with Gasteiger partial charge in [-0.25, -0.2) is 0 Å². The quantitative estimate of drug-likeness (QED) is 0.192. The van der Waals surface area contributed by atoms with Crippen molar-refractivity contribution in [3.8, 4) is 56.0 Å². The number of rotatable bonds is 3. The number of ether oxygens (including phenoxy) is 1. The van der Waals surface area contributed by atoms with Gasteiger partial charge in [0, 0.05) is 10.9 Å². The van der Waals surface area contributed by atoms with Crippen molar-refractivity contribution in [1.29, 1.82) is 0 Å². The molecule has 1 aliphatic heterocycles. The summed E-state index contributed by atoms with van der Waals surface area (Å²) in [4.78, 5) is 0. The van der Waals surface area contributed by atoms with Crippen molar-refractivity contribution in [1.82, 2.24) is 0 Å². The van der Waals surface area contributed by atoms with E-state index in [0.29, 0.717) is 0 Å². The molecule has 0 saturated heterocycles. The summed E-state index contributed by atoms with van der Waals surface area (Å²) >= 11 is 0. The predicted molar refractivity (Wildman–Crippen MR) is 189 cm³/mol. The van der Waals surface area contributed by atoms with E-state index in [1.807, 2.05) is 0 Å². The van der Waals surface area contributed by atoms with Crippen LogP contribution in [-0.4, -0.2) is 0 Å². The van der Waals surface area contributed by atoms with Gasteiger partial charge in [-0.1, -0.05) is 121 Å². The molecule has 0 N–H and O–H groups in total. The maximum absolute atomic E-state index is 6.52. The van der Waals surface area contributed by atoms with Crippen LogP contribution < -0.4 is 4.74 Å². The Balaban J connectivity index is 1.10. The minimum absolute atomic E-state index is 0.898. The SMILES string of the molecule is c1ccc(-c2ccc3c4c(cccc24)-c2cc(-c4cccc(-c5cc6ccc7cccc8ccc(c5)c6c78)c4)ccc2O3)cc1. The van der Waals surface area contributed by atoms with Crippen molar-refractivity contribution in [2.75, 3.05) is 0 Å². The van der Waals surface area contributed by atoms with Gasteiger partial charge in [0.2, 0.25) is 0 Å². The van der Waals surface area contributed by atoms with Crippen LogP contribution in [-0.2, 0) is 0 Å². The summed E-state index contributed by atoms with van der Waals surface area (Å²) in [7, 11) is 0. The lowest BCUT2D eigenvalue weighted by atomic mass is 9.88. The summed E-state index contributed by atoms with van der Waals surface area (Å²) in [6.07, 6.45) is 0. The molecular weight excluding hydrogens is 544 g/mol. The van der Waals surface area contributed by atoms with Crippen molar-refractivity contribution < 1.29 is 4.74 Å². The molecule has 0 fully saturated rings. The Labute approximate surface area is 260 Å². The highest BCUT2D eigenvalue weighted by atomic mass is 16.5. The molecule has 1 heterocycles. The van der Waals surface area contributed by atoms with Crippen LogP contribution in [0.3, 0.4) is 0 Å². The zero-order chi connectivity index (χ0) is 29.5. The van der Waals surface area contributed by atoms with Gasteiger partial charge < -0.3 is 4.74 Å². The summed E-state index contributed by atoms with van der Waals surface area (Å²) < 4.78 is 6.52. The van der Waals surface area contributed by atoms with Crippen molar-refractivity contribution in [3.05, 3.63) is 158 Å². The smallest absolute Gasteiger partial charge is 0.135 e. The Kier molecular flexibility index (Phi) is 5.06. The molecule has 0 unspecified atom stereocenters. The molecule has 9 aromatic rings. The highest BCUT2D eigenvalue weighted by Crippen LogP contribution is 2.49. The van der Waals surface area contributed by atoms with E-state index in [1.54, 1.807) is 0 Å². The van der Waals surface area contributed by atoms with E-state index in [4.69, 9.17) is 4.74 Å². The first-order valence-electron chi connectivity index (χ1n) is 15.5. The maximum atomic E-state index is 6.52. The predicted octanol–water partition coefficient (Wildman–Crippen LogP) is 12.5. The Morgan fingerprint density at radius 1 is 0.289 bits per heavy atom. The lowest BCUT2D eigenvalue weighted by Crippen LogP contribution is -1.98. The van der Waals surface area contributed by atoms with E-state index in [-0.39, 0.29) is 0 Å². The Morgan fingerprint density at radius 2 is 0.911 bits per heavy atom. The van der Waals surface area contributed by atoms with E-state index < -0.39 is 0 Å². The second-order valence-electron chi connectivity index (χ2n) is 12.1. The van der Waals surface area contributed by atoms with E-state index >= 15 is 0 Å². The van der Waals surface area contributed by atoms with E-state index in [2.05, 4.69) is 158 Å². The van der Waals surface area contributed by atoms with Gasteiger partial charge in [0.15, 0.2) is 0 Å². The number of fused-ring (bicyclic) bond motifs is 2. The molecular formula is C44H26O. The average Bonchev–Trinajstić information content (AvgIpc) is 3.11. The van der Waals surface area contributed by atoms with Crippen molar-refractivity contribution in [3.63, 3.8) is 0 Å². The first-order chi connectivity index (χ1) is 22.3. The molecule has 0 saturated carbocycles. The molecule has 0 radical (unpaired) electrons. The molecule has 1 heteroatoms. The Bertz CT molecular complexity index is 2550. The first-order valence-corrected chi connectivity index (χ1v) is 15.5. The third-order valence-corrected chi connectivity index (χ3v) is 9.57. The average molecular weight is 571 g/mol. The fourth-order valence-corrected chi connectivity index (χ4v) is 7.48. The van der Waals surface area contributed by atoms with Gasteiger partial charge in [-0.15, -0.1) is 0 Å². The summed E-state index contributed by atoms with van der Waals surface area (Å²) in [6.45, 7) is 0. The molecule has 0 spiro atoms. The van der Waals surface area contributed by atoms with Gasteiger partial charge in [0.05, 0.1) is 0 Å². The summed E-state index contributed by atoms with van der Waals surface area (Å²) in [6, 6.07) is 57.3. The molecule has 0 bridgehead atoms. The van der Waals surface area contributed by atoms with Crippen molar-refractivity contribution >= 4 is 43.1 Å². The molecule has 10 rings (SSSR count). The van der Waals surface area contributed by atoms with Crippen LogP contribution in [0.2, 0.25) is 0 Å². The maximum Gasteiger partial charge on any atom is 0.135 e. The third-order valence-electron chi connectivity index (χ3n) is 9.57. The molecule has 9 aromatic carbocycles. The van der Waals surface area contributed by atoms with Gasteiger partial charge in [-0.2, -0.15) is 0 Å². The zero-order valence-corrected chi connectivity index (χ0v) is 24.4. The molecule has 45 heavy (non-hydrogen) atoms. The molecule has 208 valence electrons. The molecule has 0 aliphatic carbocycles. The number of hydrogen-bond donors (Lipinski definition) is 0. The Hall–Kier alpha value is -5.92. The lowest BCUT2D eigenvalue weighted by Gasteiger charge is -2.23. The van der Waals surface area contributed by atoms with Crippen LogP contribution in [0.15, 0.2) is 158 Å². The molecule has 0 atom stereocenters. The van der Waals surface area contributed by atoms with Gasteiger partial charge in [-0.3, -0.25) is 0 Å². The van der Waals surface area contributed by atoms with Gasteiger partial charge in [-0.05, 0) is 113 Å². The van der Waals surface area contributed by atoms with Crippen LogP contribution in [0.25, 0.3) is 87.6 Å². The second kappa shape index (κ2) is 9.29. The topological polar surface area (TPSA) is 9.23 Å². The monoisotopic (exact) mass is 570 g/mol. The standard InChI is InChI=1S/C44H26O/c1-2-7-27(8-3-1)36-20-22-41-44-37(36)13-6-14-38(44)39-26-32(19-21-40(39)45-41)30-11-5-12-31(23-30)35-24-33-17-15-28-9-4-10-29-16-18-34(25-35)43(33)42(28)29/h1-26H. The van der Waals surface area contributed by atoms with Crippen LogP contribution in [0.4, 0.5) is 0 Å². The minimum atomic E-state index is 0.898. The molecule has 1 nitrogen and oxygen atoms in total. The van der Waals surface area contributed by atoms with Crippen LogP contribution in [0, 0.1) is 0 Å². The third kappa shape index (κ3) is 3.68. The molecule has 1 aliphatic rings. The highest BCUT2D eigenvalue weighted by Gasteiger charge is 2.22. The zero-order valence-electron chi connectivity index (χ0n) is 24.4. The second-order valence-corrected chi connectivity index (χ2v) is 12.1. The van der Waals surface area contributed by atoms with E-state index in [9.17, 15) is 0 Å². The van der Waals surface area contributed by atoms with Crippen molar-refractivity contribution in [2.45, 2.75) is 0 Å². The van der Waals surface area contributed by atoms with Crippen LogP contribution in [0.1, 0.15) is 0 Å². The Morgan fingerprint density at radius 3 is 1.71 bits per heavy atom. The normalized spacial score (nSPS) is 12.2. The minimum Gasteiger partial charge on any atom is -0.456 e. The summed E-state index contributed by atoms with van der Waals surface area (Å²) in [5, 5.41) is 10.3. The fourth-order valence-electron chi connectivity index (χ4n) is 7.48. The van der Waals surface area contributed by atoms with Gasteiger partial charge in [0.25, 0.3) is 0 Å². The van der Waals surface area contributed by atoms with E-state index in [0.717, 1.165) is 17.1 Å². The lowest BCUT2D eigenvalue weighted by molar-refractivity contribution is 0.487. The summed E-state index contributed by atoms with van der Waals surface area (Å²) in [5.41, 5.74) is 9.59. The summed E-state index contributed by atoms with van der Waals surface area (Å²) in [5.74, 6) is 1.81. The van der Waals surface area contributed by atoms with Crippen LogP contribution in [0.5, 0.6) is 11.5 Å². The van der Waals surface area contributed by atoms with E-state index in [1.165, 1.54) is 82.0 Å². The van der Waals surface area contributed by atoms with Crippen LogP contribution >= 0.6 is 0 Å². The number of hydrogen-bond acceptors (Lipinski definition) is 1. The fraction of sp³-hybridized carbons (Fsp3) is 0. The largest absolute Gasteiger partial charge is 0.456 e.